The van der Waals surface area contributed by atoms with E-state index in [0.717, 1.165) is 28.8 Å². The summed E-state index contributed by atoms with van der Waals surface area (Å²) in [7, 11) is 1.56. The number of aliphatic hydroxyl groups is 1. The lowest BCUT2D eigenvalue weighted by Gasteiger charge is -2.19. The van der Waals surface area contributed by atoms with Crippen LogP contribution in [0.3, 0.4) is 0 Å². The predicted octanol–water partition coefficient (Wildman–Crippen LogP) is 2.90. The SMILES string of the molecule is CCCNC(C)c1cc(Br)ccc1OCC(O)COC. The van der Waals surface area contributed by atoms with Crippen molar-refractivity contribution >= 4 is 15.9 Å². The van der Waals surface area contributed by atoms with Crippen LogP contribution in [-0.4, -0.2) is 38.1 Å². The third-order valence-electron chi connectivity index (χ3n) is 2.93. The highest BCUT2D eigenvalue weighted by Crippen LogP contribution is 2.28. The first-order valence-electron chi connectivity index (χ1n) is 6.91. The number of hydrogen-bond donors (Lipinski definition) is 2. The zero-order chi connectivity index (χ0) is 15.0. The molecule has 0 aromatic heterocycles. The Bertz CT molecular complexity index is 401. The second-order valence-corrected chi connectivity index (χ2v) is 5.69. The third-order valence-corrected chi connectivity index (χ3v) is 3.42. The van der Waals surface area contributed by atoms with Gasteiger partial charge in [0.2, 0.25) is 0 Å². The van der Waals surface area contributed by atoms with Crippen molar-refractivity contribution in [2.75, 3.05) is 26.9 Å². The molecule has 0 radical (unpaired) electrons. The molecule has 2 atom stereocenters. The highest BCUT2D eigenvalue weighted by molar-refractivity contribution is 9.10. The smallest absolute Gasteiger partial charge is 0.124 e. The van der Waals surface area contributed by atoms with Crippen molar-refractivity contribution in [3.63, 3.8) is 0 Å². The molecule has 0 amide bonds. The highest BCUT2D eigenvalue weighted by atomic mass is 79.9. The van der Waals surface area contributed by atoms with E-state index in [1.807, 2.05) is 18.2 Å². The molecule has 1 aromatic rings. The molecule has 0 aliphatic carbocycles. The minimum absolute atomic E-state index is 0.196. The average molecular weight is 346 g/mol. The lowest BCUT2D eigenvalue weighted by Crippen LogP contribution is -2.24. The summed E-state index contributed by atoms with van der Waals surface area (Å²) < 4.78 is 11.6. The van der Waals surface area contributed by atoms with Crippen molar-refractivity contribution in [3.8, 4) is 5.75 Å². The number of nitrogens with one attached hydrogen (secondary N) is 1. The number of aliphatic hydroxyl groups excluding tert-OH is 1. The Balaban J connectivity index is 2.73. The van der Waals surface area contributed by atoms with Crippen LogP contribution in [0.1, 0.15) is 31.9 Å². The molecular weight excluding hydrogens is 322 g/mol. The zero-order valence-corrected chi connectivity index (χ0v) is 13.9. The van der Waals surface area contributed by atoms with Gasteiger partial charge in [-0.2, -0.15) is 0 Å². The van der Waals surface area contributed by atoms with Gasteiger partial charge in [0.05, 0.1) is 6.61 Å². The van der Waals surface area contributed by atoms with E-state index < -0.39 is 6.10 Å². The number of benzene rings is 1. The highest BCUT2D eigenvalue weighted by Gasteiger charge is 2.13. The average Bonchev–Trinajstić information content (AvgIpc) is 2.43. The van der Waals surface area contributed by atoms with Gasteiger partial charge in [-0.3, -0.25) is 0 Å². The fourth-order valence-electron chi connectivity index (χ4n) is 1.89. The van der Waals surface area contributed by atoms with E-state index in [0.29, 0.717) is 0 Å². The summed E-state index contributed by atoms with van der Waals surface area (Å²) in [6, 6.07) is 6.10. The Labute approximate surface area is 129 Å². The molecule has 114 valence electrons. The van der Waals surface area contributed by atoms with Crippen LogP contribution in [0.5, 0.6) is 5.75 Å². The molecule has 20 heavy (non-hydrogen) atoms. The Morgan fingerprint density at radius 2 is 2.10 bits per heavy atom. The molecule has 5 heteroatoms. The molecule has 2 unspecified atom stereocenters. The summed E-state index contributed by atoms with van der Waals surface area (Å²) in [6.07, 6.45) is 0.469. The summed E-state index contributed by atoms with van der Waals surface area (Å²) in [4.78, 5) is 0. The first kappa shape index (κ1) is 17.4. The first-order chi connectivity index (χ1) is 9.58. The van der Waals surface area contributed by atoms with Crippen molar-refractivity contribution < 1.29 is 14.6 Å². The third kappa shape index (κ3) is 5.79. The summed E-state index contributed by atoms with van der Waals surface area (Å²) in [5, 5.41) is 13.1. The molecule has 0 heterocycles. The van der Waals surface area contributed by atoms with Gasteiger partial charge in [0.15, 0.2) is 0 Å². The summed E-state index contributed by atoms with van der Waals surface area (Å²) >= 11 is 3.48. The van der Waals surface area contributed by atoms with Gasteiger partial charge in [0.25, 0.3) is 0 Å². The quantitative estimate of drug-likeness (QED) is 0.722. The summed E-state index contributed by atoms with van der Waals surface area (Å²) in [5.41, 5.74) is 1.08. The molecule has 1 aromatic carbocycles. The minimum atomic E-state index is -0.615. The normalized spacial score (nSPS) is 14.1. The van der Waals surface area contributed by atoms with Gasteiger partial charge in [-0.15, -0.1) is 0 Å². The van der Waals surface area contributed by atoms with Crippen LogP contribution in [-0.2, 0) is 4.74 Å². The molecule has 0 saturated carbocycles. The number of ether oxygens (including phenoxy) is 2. The van der Waals surface area contributed by atoms with Gasteiger partial charge in [0, 0.05) is 23.2 Å². The molecule has 4 nitrogen and oxygen atoms in total. The van der Waals surface area contributed by atoms with Crippen LogP contribution in [0.4, 0.5) is 0 Å². The lowest BCUT2D eigenvalue weighted by atomic mass is 10.1. The second kappa shape index (κ2) is 9.34. The molecule has 0 aliphatic heterocycles. The molecule has 0 bridgehead atoms. The van der Waals surface area contributed by atoms with Crippen LogP contribution in [0, 0.1) is 0 Å². The molecule has 0 spiro atoms. The van der Waals surface area contributed by atoms with Crippen LogP contribution in [0.15, 0.2) is 22.7 Å². The second-order valence-electron chi connectivity index (χ2n) is 4.78. The van der Waals surface area contributed by atoms with Crippen LogP contribution >= 0.6 is 15.9 Å². The number of hydrogen-bond acceptors (Lipinski definition) is 4. The zero-order valence-electron chi connectivity index (χ0n) is 12.4. The standard InChI is InChI=1S/C15H24BrNO3/c1-4-7-17-11(2)14-8-12(16)5-6-15(14)20-10-13(18)9-19-3/h5-6,8,11,13,17-18H,4,7,9-10H2,1-3H3. The van der Waals surface area contributed by atoms with E-state index in [1.165, 1.54) is 0 Å². The van der Waals surface area contributed by atoms with E-state index in [1.54, 1.807) is 7.11 Å². The fraction of sp³-hybridized carbons (Fsp3) is 0.600. The maximum Gasteiger partial charge on any atom is 0.124 e. The van der Waals surface area contributed by atoms with Crippen molar-refractivity contribution in [2.45, 2.75) is 32.4 Å². The minimum Gasteiger partial charge on any atom is -0.490 e. The largest absolute Gasteiger partial charge is 0.490 e. The van der Waals surface area contributed by atoms with Gasteiger partial charge in [-0.25, -0.2) is 0 Å². The number of rotatable bonds is 9. The van der Waals surface area contributed by atoms with Crippen molar-refractivity contribution in [1.82, 2.24) is 5.32 Å². The maximum atomic E-state index is 9.66. The summed E-state index contributed by atoms with van der Waals surface area (Å²) in [6.45, 7) is 5.70. The molecule has 1 rings (SSSR count). The Morgan fingerprint density at radius 3 is 2.75 bits per heavy atom. The molecule has 2 N–H and O–H groups in total. The Hall–Kier alpha value is -0.620. The topological polar surface area (TPSA) is 50.7 Å². The maximum absolute atomic E-state index is 9.66. The van der Waals surface area contributed by atoms with Crippen LogP contribution < -0.4 is 10.1 Å². The van der Waals surface area contributed by atoms with Crippen molar-refractivity contribution in [1.29, 1.82) is 0 Å². The van der Waals surface area contributed by atoms with Gasteiger partial charge < -0.3 is 19.9 Å². The van der Waals surface area contributed by atoms with E-state index in [4.69, 9.17) is 9.47 Å². The molecular formula is C15H24BrNO3. The van der Waals surface area contributed by atoms with E-state index >= 15 is 0 Å². The predicted molar refractivity (Wildman–Crippen MR) is 84.2 cm³/mol. The Kier molecular flexibility index (Phi) is 8.14. The fourth-order valence-corrected chi connectivity index (χ4v) is 2.27. The van der Waals surface area contributed by atoms with E-state index in [2.05, 4.69) is 35.1 Å². The first-order valence-corrected chi connectivity index (χ1v) is 7.70. The Morgan fingerprint density at radius 1 is 1.35 bits per heavy atom. The van der Waals surface area contributed by atoms with Gasteiger partial charge in [-0.05, 0) is 38.1 Å². The molecule has 0 saturated heterocycles. The van der Waals surface area contributed by atoms with E-state index in [9.17, 15) is 5.11 Å². The van der Waals surface area contributed by atoms with Gasteiger partial charge in [0.1, 0.15) is 18.5 Å². The number of methoxy groups -OCH3 is 1. The van der Waals surface area contributed by atoms with Gasteiger partial charge in [-0.1, -0.05) is 22.9 Å². The van der Waals surface area contributed by atoms with E-state index in [-0.39, 0.29) is 19.3 Å². The van der Waals surface area contributed by atoms with Crippen LogP contribution in [0.25, 0.3) is 0 Å². The number of halogens is 1. The van der Waals surface area contributed by atoms with Crippen molar-refractivity contribution in [2.24, 2.45) is 0 Å². The van der Waals surface area contributed by atoms with Crippen molar-refractivity contribution in [3.05, 3.63) is 28.2 Å². The lowest BCUT2D eigenvalue weighted by molar-refractivity contribution is 0.0322. The monoisotopic (exact) mass is 345 g/mol. The van der Waals surface area contributed by atoms with Crippen LogP contribution in [0.2, 0.25) is 0 Å². The summed E-state index contributed by atoms with van der Waals surface area (Å²) in [5.74, 6) is 0.791. The van der Waals surface area contributed by atoms with Gasteiger partial charge >= 0.3 is 0 Å². The molecule has 0 aliphatic rings. The molecule has 0 fully saturated rings.